The predicted molar refractivity (Wildman–Crippen MR) is 130 cm³/mol. The molecule has 1 aliphatic rings. The molecular weight excluding hydrogens is 430 g/mol. The molecule has 0 saturated carbocycles. The summed E-state index contributed by atoms with van der Waals surface area (Å²) >= 11 is 1.48. The maximum atomic E-state index is 13.5. The average molecular weight is 456 g/mol. The minimum absolute atomic E-state index is 0.140. The van der Waals surface area contributed by atoms with Crippen molar-refractivity contribution in [1.82, 2.24) is 24.6 Å². The van der Waals surface area contributed by atoms with Crippen LogP contribution in [0.2, 0.25) is 0 Å². The number of likely N-dealkylation sites (tertiary alicyclic amines) is 1. The highest BCUT2D eigenvalue weighted by molar-refractivity contribution is 8.00. The summed E-state index contributed by atoms with van der Waals surface area (Å²) in [5.41, 5.74) is 3.03. The number of thioether (sulfide) groups is 1. The van der Waals surface area contributed by atoms with Crippen molar-refractivity contribution in [2.45, 2.75) is 29.8 Å². The molecule has 166 valence electrons. The number of carbonyl (C=O) groups excluding carboxylic acids is 1. The maximum Gasteiger partial charge on any atom is 0.240 e. The van der Waals surface area contributed by atoms with E-state index in [9.17, 15) is 4.79 Å². The number of amides is 1. The third-order valence-electron chi connectivity index (χ3n) is 5.79. The van der Waals surface area contributed by atoms with Crippen molar-refractivity contribution in [1.29, 1.82) is 0 Å². The Hall–Kier alpha value is -3.45. The van der Waals surface area contributed by atoms with E-state index in [0.717, 1.165) is 53.6 Å². The second kappa shape index (κ2) is 10.0. The number of benzene rings is 2. The van der Waals surface area contributed by atoms with Gasteiger partial charge in [-0.05, 0) is 36.1 Å². The summed E-state index contributed by atoms with van der Waals surface area (Å²) < 4.78 is 2.09. The minimum atomic E-state index is -0.371. The van der Waals surface area contributed by atoms with Gasteiger partial charge in [0.15, 0.2) is 11.0 Å². The van der Waals surface area contributed by atoms with E-state index in [0.29, 0.717) is 6.54 Å². The Bertz CT molecular complexity index is 1190. The van der Waals surface area contributed by atoms with Crippen molar-refractivity contribution in [3.8, 4) is 11.4 Å². The van der Waals surface area contributed by atoms with Crippen LogP contribution in [-0.2, 0) is 11.3 Å². The molecule has 3 heterocycles. The van der Waals surface area contributed by atoms with Gasteiger partial charge in [0.2, 0.25) is 5.91 Å². The van der Waals surface area contributed by atoms with Crippen molar-refractivity contribution in [2.75, 3.05) is 13.1 Å². The molecule has 33 heavy (non-hydrogen) atoms. The van der Waals surface area contributed by atoms with Gasteiger partial charge in [0, 0.05) is 31.0 Å². The molecule has 2 aromatic carbocycles. The standard InChI is InChI=1S/C26H25N5OS/c32-25(30-16-7-8-17-30)23(21-12-5-2-6-13-21)33-26-29-28-24(22-14-9-15-27-18-22)31(26)19-20-10-3-1-4-11-20/h1-6,9-15,18,23H,7-8,16-17,19H2. The minimum Gasteiger partial charge on any atom is -0.341 e. The van der Waals surface area contributed by atoms with Gasteiger partial charge in [-0.3, -0.25) is 14.3 Å². The van der Waals surface area contributed by atoms with Gasteiger partial charge in [-0.25, -0.2) is 0 Å². The van der Waals surface area contributed by atoms with E-state index in [4.69, 9.17) is 0 Å². The second-order valence-electron chi connectivity index (χ2n) is 8.06. The van der Waals surface area contributed by atoms with Crippen molar-refractivity contribution in [2.24, 2.45) is 0 Å². The summed E-state index contributed by atoms with van der Waals surface area (Å²) in [6.07, 6.45) is 5.67. The highest BCUT2D eigenvalue weighted by Crippen LogP contribution is 2.38. The van der Waals surface area contributed by atoms with Gasteiger partial charge in [-0.1, -0.05) is 72.4 Å². The topological polar surface area (TPSA) is 63.9 Å². The van der Waals surface area contributed by atoms with Gasteiger partial charge in [0.25, 0.3) is 0 Å². The Kier molecular flexibility index (Phi) is 6.48. The van der Waals surface area contributed by atoms with Crippen LogP contribution >= 0.6 is 11.8 Å². The van der Waals surface area contributed by atoms with Crippen molar-refractivity contribution in [3.63, 3.8) is 0 Å². The Morgan fingerprint density at radius 2 is 1.64 bits per heavy atom. The lowest BCUT2D eigenvalue weighted by molar-refractivity contribution is -0.129. The van der Waals surface area contributed by atoms with E-state index in [1.807, 2.05) is 65.6 Å². The van der Waals surface area contributed by atoms with Gasteiger partial charge < -0.3 is 4.90 Å². The Morgan fingerprint density at radius 1 is 0.909 bits per heavy atom. The monoisotopic (exact) mass is 455 g/mol. The summed E-state index contributed by atoms with van der Waals surface area (Å²) in [5, 5.41) is 9.40. The number of pyridine rings is 1. The van der Waals surface area contributed by atoms with Crippen LogP contribution in [0.4, 0.5) is 0 Å². The van der Waals surface area contributed by atoms with Crippen LogP contribution in [0.3, 0.4) is 0 Å². The lowest BCUT2D eigenvalue weighted by Crippen LogP contribution is -2.31. The first-order valence-electron chi connectivity index (χ1n) is 11.2. The fourth-order valence-corrected chi connectivity index (χ4v) is 5.21. The normalized spacial score (nSPS) is 14.4. The molecule has 2 aromatic heterocycles. The van der Waals surface area contributed by atoms with E-state index in [1.165, 1.54) is 11.8 Å². The van der Waals surface area contributed by atoms with Crippen molar-refractivity contribution >= 4 is 17.7 Å². The molecule has 0 spiro atoms. The summed E-state index contributed by atoms with van der Waals surface area (Å²) in [6.45, 7) is 2.25. The first kappa shape index (κ1) is 21.4. The maximum absolute atomic E-state index is 13.5. The van der Waals surface area contributed by atoms with E-state index in [1.54, 1.807) is 12.4 Å². The molecule has 0 aliphatic carbocycles. The highest BCUT2D eigenvalue weighted by atomic mass is 32.2. The van der Waals surface area contributed by atoms with Gasteiger partial charge >= 0.3 is 0 Å². The van der Waals surface area contributed by atoms with E-state index >= 15 is 0 Å². The first-order chi connectivity index (χ1) is 16.3. The first-order valence-corrected chi connectivity index (χ1v) is 12.1. The third kappa shape index (κ3) is 4.83. The molecule has 1 aliphatic heterocycles. The molecular formula is C26H25N5OS. The summed E-state index contributed by atoms with van der Waals surface area (Å²) in [7, 11) is 0. The molecule has 1 unspecified atom stereocenters. The van der Waals surface area contributed by atoms with E-state index in [2.05, 4.69) is 31.9 Å². The number of carbonyl (C=O) groups is 1. The number of hydrogen-bond donors (Lipinski definition) is 0. The van der Waals surface area contributed by atoms with Crippen LogP contribution in [0.5, 0.6) is 0 Å². The highest BCUT2D eigenvalue weighted by Gasteiger charge is 2.31. The number of aromatic nitrogens is 4. The zero-order valence-electron chi connectivity index (χ0n) is 18.2. The Balaban J connectivity index is 1.53. The molecule has 0 radical (unpaired) electrons. The average Bonchev–Trinajstić information content (AvgIpc) is 3.55. The fourth-order valence-electron chi connectivity index (χ4n) is 4.09. The largest absolute Gasteiger partial charge is 0.341 e. The summed E-state index contributed by atoms with van der Waals surface area (Å²) in [4.78, 5) is 19.8. The zero-order chi connectivity index (χ0) is 22.5. The van der Waals surface area contributed by atoms with Crippen molar-refractivity contribution < 1.29 is 4.79 Å². The van der Waals surface area contributed by atoms with Crippen LogP contribution in [0, 0.1) is 0 Å². The molecule has 1 saturated heterocycles. The Morgan fingerprint density at radius 3 is 2.33 bits per heavy atom. The molecule has 4 aromatic rings. The molecule has 1 amide bonds. The number of rotatable bonds is 7. The van der Waals surface area contributed by atoms with Gasteiger partial charge in [-0.15, -0.1) is 10.2 Å². The van der Waals surface area contributed by atoms with Gasteiger partial charge in [-0.2, -0.15) is 0 Å². The molecule has 0 bridgehead atoms. The number of nitrogens with zero attached hydrogens (tertiary/aromatic N) is 5. The van der Waals surface area contributed by atoms with E-state index < -0.39 is 0 Å². The summed E-state index contributed by atoms with van der Waals surface area (Å²) in [5.74, 6) is 0.885. The van der Waals surface area contributed by atoms with Crippen LogP contribution in [0.15, 0.2) is 90.3 Å². The molecule has 6 nitrogen and oxygen atoms in total. The second-order valence-corrected chi connectivity index (χ2v) is 9.13. The third-order valence-corrected chi connectivity index (χ3v) is 7.01. The lowest BCUT2D eigenvalue weighted by Gasteiger charge is -2.23. The van der Waals surface area contributed by atoms with Crippen molar-refractivity contribution in [3.05, 3.63) is 96.3 Å². The quantitative estimate of drug-likeness (QED) is 0.373. The van der Waals surface area contributed by atoms with Gasteiger partial charge in [0.05, 0.1) is 6.54 Å². The van der Waals surface area contributed by atoms with Crippen LogP contribution in [0.1, 0.15) is 29.2 Å². The molecule has 5 rings (SSSR count). The van der Waals surface area contributed by atoms with Gasteiger partial charge in [0.1, 0.15) is 5.25 Å². The van der Waals surface area contributed by atoms with Crippen LogP contribution in [-0.4, -0.2) is 43.6 Å². The molecule has 1 fully saturated rings. The Labute approximate surface area is 197 Å². The van der Waals surface area contributed by atoms with Crippen LogP contribution < -0.4 is 0 Å². The fraction of sp³-hybridized carbons (Fsp3) is 0.231. The molecule has 0 N–H and O–H groups in total. The summed E-state index contributed by atoms with van der Waals surface area (Å²) in [6, 6.07) is 24.1. The molecule has 1 atom stereocenters. The SMILES string of the molecule is O=C(C(Sc1nnc(-c2cccnc2)n1Cc1ccccc1)c1ccccc1)N1CCCC1. The zero-order valence-corrected chi connectivity index (χ0v) is 19.1. The smallest absolute Gasteiger partial charge is 0.240 e. The van der Waals surface area contributed by atoms with Crippen LogP contribution in [0.25, 0.3) is 11.4 Å². The molecule has 7 heteroatoms. The lowest BCUT2D eigenvalue weighted by atomic mass is 10.1. The van der Waals surface area contributed by atoms with E-state index in [-0.39, 0.29) is 11.2 Å². The predicted octanol–water partition coefficient (Wildman–Crippen LogP) is 4.84. The number of hydrogen-bond acceptors (Lipinski definition) is 5.